The number of esters is 1. The Morgan fingerprint density at radius 2 is 1.40 bits per heavy atom. The molecule has 2 aliphatic rings. The molecular weight excluding hydrogens is 518 g/mol. The van der Waals surface area contributed by atoms with E-state index in [-0.39, 0.29) is 5.97 Å². The Bertz CT molecular complexity index is 1530. The first-order chi connectivity index (χ1) is 20.3. The van der Waals surface area contributed by atoms with Gasteiger partial charge in [0.2, 0.25) is 0 Å². The fourth-order valence-corrected chi connectivity index (χ4v) is 7.05. The van der Waals surface area contributed by atoms with Crippen molar-refractivity contribution in [2.24, 2.45) is 5.41 Å². The molecule has 6 rings (SSSR count). The number of rotatable bonds is 9. The van der Waals surface area contributed by atoms with Crippen molar-refractivity contribution in [1.82, 2.24) is 4.90 Å². The second-order valence-electron chi connectivity index (χ2n) is 12.6. The minimum Gasteiger partial charge on any atom is -0.459 e. The summed E-state index contributed by atoms with van der Waals surface area (Å²) >= 11 is 0. The Morgan fingerprint density at radius 3 is 1.98 bits per heavy atom. The van der Waals surface area contributed by atoms with Crippen molar-refractivity contribution in [2.75, 3.05) is 13.2 Å². The molecule has 0 bridgehead atoms. The minimum atomic E-state index is -0.667. The Morgan fingerprint density at radius 1 is 0.857 bits per heavy atom. The zero-order valence-corrected chi connectivity index (χ0v) is 24.8. The maximum Gasteiger partial charge on any atom is 0.324 e. The van der Waals surface area contributed by atoms with Gasteiger partial charge in [0.15, 0.2) is 0 Å². The molecular formula is C38H39NO3. The van der Waals surface area contributed by atoms with Crippen LogP contribution in [0.2, 0.25) is 0 Å². The van der Waals surface area contributed by atoms with Gasteiger partial charge in [-0.25, -0.2) is 0 Å². The number of benzene rings is 4. The predicted molar refractivity (Wildman–Crippen MR) is 168 cm³/mol. The number of hydrogen-bond donors (Lipinski definition) is 0. The van der Waals surface area contributed by atoms with Gasteiger partial charge >= 0.3 is 5.97 Å². The maximum atomic E-state index is 14.4. The van der Waals surface area contributed by atoms with Crippen molar-refractivity contribution in [1.29, 1.82) is 0 Å². The van der Waals surface area contributed by atoms with Gasteiger partial charge in [-0.05, 0) is 60.6 Å². The number of likely N-dealkylation sites (tertiary alicyclic amines) is 1. The Balaban J connectivity index is 1.50. The molecule has 0 N–H and O–H groups in total. The SMILES string of the molecule is C=CCC1(COCc2ccccc2)CN(C2(c3ccccc3)c3ccccc3-c3ccccc32)C1C(=O)OC(C)(C)C. The third-order valence-electron chi connectivity index (χ3n) is 8.61. The number of carbonyl (C=O) groups is 1. The number of nitrogens with zero attached hydrogens (tertiary/aromatic N) is 1. The summed E-state index contributed by atoms with van der Waals surface area (Å²) in [7, 11) is 0. The summed E-state index contributed by atoms with van der Waals surface area (Å²) in [4.78, 5) is 16.7. The van der Waals surface area contributed by atoms with Gasteiger partial charge < -0.3 is 9.47 Å². The van der Waals surface area contributed by atoms with E-state index >= 15 is 0 Å². The normalized spacial score (nSPS) is 20.7. The third kappa shape index (κ3) is 4.69. The molecule has 1 heterocycles. The van der Waals surface area contributed by atoms with E-state index in [1.807, 2.05) is 51.1 Å². The highest BCUT2D eigenvalue weighted by Crippen LogP contribution is 2.60. The highest BCUT2D eigenvalue weighted by molar-refractivity contribution is 5.85. The van der Waals surface area contributed by atoms with E-state index in [1.54, 1.807) is 0 Å². The lowest BCUT2D eigenvalue weighted by atomic mass is 9.64. The standard InChI is InChI=1S/C38H39NO3/c1-5-24-37(27-41-25-28-16-8-6-9-17-28)26-39(34(37)35(40)42-36(2,3)4)38(29-18-10-7-11-19-29)32-22-14-12-20-30(32)31-21-13-15-23-33(31)38/h5-23,34H,1,24-27H2,2-4H3. The van der Waals surface area contributed by atoms with Crippen molar-refractivity contribution in [3.05, 3.63) is 144 Å². The highest BCUT2D eigenvalue weighted by atomic mass is 16.6. The molecule has 1 aliphatic heterocycles. The van der Waals surface area contributed by atoms with Crippen molar-refractivity contribution in [2.45, 2.75) is 51.0 Å². The molecule has 1 saturated heterocycles. The Labute approximate surface area is 249 Å². The van der Waals surface area contributed by atoms with Gasteiger partial charge in [0, 0.05) is 12.0 Å². The summed E-state index contributed by atoms with van der Waals surface area (Å²) in [6.45, 7) is 11.5. The van der Waals surface area contributed by atoms with Gasteiger partial charge in [-0.1, -0.05) is 115 Å². The molecule has 0 radical (unpaired) electrons. The molecule has 0 aromatic heterocycles. The maximum absolute atomic E-state index is 14.4. The number of hydrogen-bond acceptors (Lipinski definition) is 4. The van der Waals surface area contributed by atoms with E-state index < -0.39 is 22.6 Å². The number of fused-ring (bicyclic) bond motifs is 3. The Hall–Kier alpha value is -3.99. The van der Waals surface area contributed by atoms with Crippen LogP contribution in [0.15, 0.2) is 122 Å². The average Bonchev–Trinajstić information content (AvgIpc) is 3.27. The lowest BCUT2D eigenvalue weighted by Gasteiger charge is -2.62. The van der Waals surface area contributed by atoms with Gasteiger partial charge in [-0.15, -0.1) is 6.58 Å². The number of allylic oxidation sites excluding steroid dienone is 1. The van der Waals surface area contributed by atoms with Crippen molar-refractivity contribution in [3.8, 4) is 11.1 Å². The van der Waals surface area contributed by atoms with Gasteiger partial charge in [0.05, 0.1) is 18.8 Å². The van der Waals surface area contributed by atoms with Crippen LogP contribution in [0.4, 0.5) is 0 Å². The summed E-state index contributed by atoms with van der Waals surface area (Å²) < 4.78 is 12.6. The fourth-order valence-electron chi connectivity index (χ4n) is 7.05. The van der Waals surface area contributed by atoms with E-state index in [0.29, 0.717) is 26.2 Å². The predicted octanol–water partition coefficient (Wildman–Crippen LogP) is 7.76. The van der Waals surface area contributed by atoms with Crippen LogP contribution >= 0.6 is 0 Å². The summed E-state index contributed by atoms with van der Waals surface area (Å²) in [5, 5.41) is 0. The van der Waals surface area contributed by atoms with Gasteiger partial charge in [0.25, 0.3) is 0 Å². The van der Waals surface area contributed by atoms with E-state index in [9.17, 15) is 4.79 Å². The van der Waals surface area contributed by atoms with Crippen LogP contribution in [0.5, 0.6) is 0 Å². The number of ether oxygens (including phenoxy) is 2. The van der Waals surface area contributed by atoms with Crippen LogP contribution in [0.3, 0.4) is 0 Å². The molecule has 4 nitrogen and oxygen atoms in total. The van der Waals surface area contributed by atoms with Crippen LogP contribution in [-0.4, -0.2) is 35.7 Å². The van der Waals surface area contributed by atoms with Gasteiger partial charge in [-0.2, -0.15) is 0 Å². The van der Waals surface area contributed by atoms with E-state index in [4.69, 9.17) is 9.47 Å². The molecule has 214 valence electrons. The molecule has 2 unspecified atom stereocenters. The molecule has 1 aliphatic carbocycles. The van der Waals surface area contributed by atoms with Crippen LogP contribution in [0, 0.1) is 5.41 Å². The molecule has 42 heavy (non-hydrogen) atoms. The lowest BCUT2D eigenvalue weighted by Crippen LogP contribution is -2.75. The van der Waals surface area contributed by atoms with Gasteiger partial charge in [-0.3, -0.25) is 9.69 Å². The van der Waals surface area contributed by atoms with E-state index in [0.717, 1.165) is 11.1 Å². The van der Waals surface area contributed by atoms with Crippen molar-refractivity contribution < 1.29 is 14.3 Å². The zero-order valence-electron chi connectivity index (χ0n) is 24.8. The zero-order chi connectivity index (χ0) is 29.4. The molecule has 0 spiro atoms. The van der Waals surface area contributed by atoms with E-state index in [2.05, 4.69) is 96.4 Å². The topological polar surface area (TPSA) is 38.8 Å². The van der Waals surface area contributed by atoms with Crippen molar-refractivity contribution in [3.63, 3.8) is 0 Å². The first-order valence-corrected chi connectivity index (χ1v) is 14.8. The minimum absolute atomic E-state index is 0.226. The van der Waals surface area contributed by atoms with Crippen LogP contribution < -0.4 is 0 Å². The largest absolute Gasteiger partial charge is 0.459 e. The molecule has 0 saturated carbocycles. The first kappa shape index (κ1) is 28.1. The second kappa shape index (κ2) is 11.0. The fraction of sp³-hybridized carbons (Fsp3) is 0.289. The average molecular weight is 558 g/mol. The van der Waals surface area contributed by atoms with Crippen LogP contribution in [-0.2, 0) is 26.4 Å². The van der Waals surface area contributed by atoms with Crippen LogP contribution in [0.1, 0.15) is 49.4 Å². The summed E-state index contributed by atoms with van der Waals surface area (Å²) in [6, 6.07) is 37.4. The smallest absolute Gasteiger partial charge is 0.324 e. The lowest BCUT2D eigenvalue weighted by molar-refractivity contribution is -0.200. The van der Waals surface area contributed by atoms with E-state index in [1.165, 1.54) is 22.3 Å². The summed E-state index contributed by atoms with van der Waals surface area (Å²) in [5.74, 6) is -0.226. The molecule has 1 fully saturated rings. The quantitative estimate of drug-likeness (QED) is 0.156. The van der Waals surface area contributed by atoms with Crippen LogP contribution in [0.25, 0.3) is 11.1 Å². The summed E-state index contributed by atoms with van der Waals surface area (Å²) in [5.41, 5.74) is 5.21. The summed E-state index contributed by atoms with van der Waals surface area (Å²) in [6.07, 6.45) is 2.56. The molecule has 4 heteroatoms. The molecule has 0 amide bonds. The third-order valence-corrected chi connectivity index (χ3v) is 8.61. The number of carbonyl (C=O) groups excluding carboxylic acids is 1. The molecule has 2 atom stereocenters. The van der Waals surface area contributed by atoms with Crippen molar-refractivity contribution >= 4 is 5.97 Å². The monoisotopic (exact) mass is 557 g/mol. The second-order valence-corrected chi connectivity index (χ2v) is 12.6. The molecule has 4 aromatic carbocycles. The molecule has 4 aromatic rings. The first-order valence-electron chi connectivity index (χ1n) is 14.8. The highest BCUT2D eigenvalue weighted by Gasteiger charge is 2.65. The van der Waals surface area contributed by atoms with Gasteiger partial charge in [0.1, 0.15) is 11.6 Å². The Kier molecular flexibility index (Phi) is 7.38.